The highest BCUT2D eigenvalue weighted by Gasteiger charge is 2.18. The minimum atomic E-state index is 0. The van der Waals surface area contributed by atoms with Gasteiger partial charge in [-0.3, -0.25) is 9.79 Å². The number of aromatic amines is 1. The first-order valence-corrected chi connectivity index (χ1v) is 10.00. The number of rotatable bonds is 9. The van der Waals surface area contributed by atoms with Gasteiger partial charge in [-0.05, 0) is 38.3 Å². The molecule has 3 N–H and O–H groups in total. The van der Waals surface area contributed by atoms with Gasteiger partial charge in [0.15, 0.2) is 5.96 Å². The molecule has 8 heteroatoms. The summed E-state index contributed by atoms with van der Waals surface area (Å²) in [5, 5.41) is 6.65. The number of nitrogens with one attached hydrogen (secondary N) is 3. The van der Waals surface area contributed by atoms with Crippen molar-refractivity contribution in [3.63, 3.8) is 0 Å². The Hall–Kier alpha value is -1.84. The number of carbonyl (C=O) groups is 1. The molecule has 1 fully saturated rings. The van der Waals surface area contributed by atoms with E-state index in [0.29, 0.717) is 6.42 Å². The van der Waals surface area contributed by atoms with Crippen molar-refractivity contribution in [2.45, 2.75) is 39.0 Å². The summed E-state index contributed by atoms with van der Waals surface area (Å²) in [5.74, 6) is 2.15. The van der Waals surface area contributed by atoms with Crippen LogP contribution in [0.1, 0.15) is 38.4 Å². The summed E-state index contributed by atoms with van der Waals surface area (Å²) in [6.45, 7) is 6.18. The van der Waals surface area contributed by atoms with Gasteiger partial charge in [-0.25, -0.2) is 4.98 Å². The Morgan fingerprint density at radius 3 is 2.89 bits per heavy atom. The van der Waals surface area contributed by atoms with Gasteiger partial charge in [0.1, 0.15) is 5.82 Å². The molecular formula is C20H31IN6O. The molecule has 3 rings (SSSR count). The minimum absolute atomic E-state index is 0. The van der Waals surface area contributed by atoms with E-state index in [1.54, 1.807) is 0 Å². The van der Waals surface area contributed by atoms with Gasteiger partial charge in [0.2, 0.25) is 5.91 Å². The number of para-hydroxylation sites is 2. The van der Waals surface area contributed by atoms with Crippen LogP contribution in [0.3, 0.4) is 0 Å². The molecule has 1 aliphatic rings. The van der Waals surface area contributed by atoms with Crippen molar-refractivity contribution >= 4 is 46.9 Å². The smallest absolute Gasteiger partial charge is 0.222 e. The summed E-state index contributed by atoms with van der Waals surface area (Å²) < 4.78 is 0. The summed E-state index contributed by atoms with van der Waals surface area (Å²) in [6.07, 6.45) is 4.49. The van der Waals surface area contributed by atoms with Crippen LogP contribution in [0.5, 0.6) is 0 Å². The summed E-state index contributed by atoms with van der Waals surface area (Å²) in [4.78, 5) is 26.1. The lowest BCUT2D eigenvalue weighted by Gasteiger charge is -2.15. The van der Waals surface area contributed by atoms with Crippen LogP contribution in [0.2, 0.25) is 0 Å². The number of benzene rings is 1. The molecule has 2 aromatic rings. The van der Waals surface area contributed by atoms with E-state index < -0.39 is 0 Å². The fourth-order valence-electron chi connectivity index (χ4n) is 3.32. The highest BCUT2D eigenvalue weighted by Crippen LogP contribution is 2.11. The number of aromatic nitrogens is 2. The Labute approximate surface area is 183 Å². The summed E-state index contributed by atoms with van der Waals surface area (Å²) in [6, 6.07) is 8.10. The van der Waals surface area contributed by atoms with Gasteiger partial charge in [-0.1, -0.05) is 12.1 Å². The molecule has 0 atom stereocenters. The number of halogens is 1. The Balaban J connectivity index is 0.00000280. The van der Waals surface area contributed by atoms with Gasteiger partial charge in [0, 0.05) is 45.6 Å². The lowest BCUT2D eigenvalue weighted by molar-refractivity contribution is -0.127. The van der Waals surface area contributed by atoms with Crippen LogP contribution in [-0.4, -0.2) is 59.5 Å². The molecule has 0 unspecified atom stereocenters. The van der Waals surface area contributed by atoms with Crippen molar-refractivity contribution in [2.75, 3.05) is 32.7 Å². The second kappa shape index (κ2) is 11.9. The van der Waals surface area contributed by atoms with E-state index in [4.69, 9.17) is 0 Å². The third kappa shape index (κ3) is 6.65. The van der Waals surface area contributed by atoms with Crippen molar-refractivity contribution < 1.29 is 4.79 Å². The van der Waals surface area contributed by atoms with E-state index in [1.807, 2.05) is 23.1 Å². The molecule has 154 valence electrons. The number of aryl methyl sites for hydroxylation is 1. The van der Waals surface area contributed by atoms with Crippen LogP contribution >= 0.6 is 24.0 Å². The zero-order valence-electron chi connectivity index (χ0n) is 16.5. The number of nitrogens with zero attached hydrogens (tertiary/aromatic N) is 3. The standard InChI is InChI=1S/C20H30N6O.HI/c1-2-21-20(23-13-7-15-26-14-6-11-19(26)27)22-12-5-10-18-24-16-8-3-4-9-17(16)25-18;/h3-4,8-9H,2,5-7,10-15H2,1H3,(H,24,25)(H2,21,22,23);1H. The molecule has 7 nitrogen and oxygen atoms in total. The second-order valence-electron chi connectivity index (χ2n) is 6.83. The number of fused-ring (bicyclic) bond motifs is 1. The number of hydrogen-bond donors (Lipinski definition) is 3. The van der Waals surface area contributed by atoms with E-state index in [-0.39, 0.29) is 29.9 Å². The van der Waals surface area contributed by atoms with Crippen LogP contribution in [0.25, 0.3) is 11.0 Å². The van der Waals surface area contributed by atoms with E-state index in [0.717, 1.165) is 81.2 Å². The lowest BCUT2D eigenvalue weighted by atomic mass is 10.3. The molecule has 0 bridgehead atoms. The quantitative estimate of drug-likeness (QED) is 0.215. The Morgan fingerprint density at radius 1 is 1.29 bits per heavy atom. The van der Waals surface area contributed by atoms with Crippen molar-refractivity contribution in [1.82, 2.24) is 25.5 Å². The molecule has 0 saturated carbocycles. The monoisotopic (exact) mass is 498 g/mol. The largest absolute Gasteiger partial charge is 0.357 e. The average molecular weight is 498 g/mol. The van der Waals surface area contributed by atoms with Crippen LogP contribution < -0.4 is 10.6 Å². The van der Waals surface area contributed by atoms with Crippen molar-refractivity contribution in [3.8, 4) is 0 Å². The molecule has 1 saturated heterocycles. The van der Waals surface area contributed by atoms with E-state index in [9.17, 15) is 4.79 Å². The SMILES string of the molecule is CCNC(=NCCCN1CCCC1=O)NCCCc1nc2ccccc2[nH]1.I. The first kappa shape index (κ1) is 22.4. The van der Waals surface area contributed by atoms with Crippen LogP contribution in [0, 0.1) is 0 Å². The summed E-state index contributed by atoms with van der Waals surface area (Å²) in [5.41, 5.74) is 2.11. The first-order valence-electron chi connectivity index (χ1n) is 10.00. The zero-order valence-corrected chi connectivity index (χ0v) is 18.9. The molecule has 0 radical (unpaired) electrons. The van der Waals surface area contributed by atoms with Crippen molar-refractivity contribution in [2.24, 2.45) is 4.99 Å². The Bertz CT molecular complexity index is 742. The zero-order chi connectivity index (χ0) is 18.9. The molecule has 1 amide bonds. The maximum absolute atomic E-state index is 11.6. The molecule has 1 aliphatic heterocycles. The van der Waals surface area contributed by atoms with Gasteiger partial charge in [-0.2, -0.15) is 0 Å². The van der Waals surface area contributed by atoms with Gasteiger partial charge in [0.25, 0.3) is 0 Å². The number of likely N-dealkylation sites (tertiary alicyclic amines) is 1. The molecule has 0 spiro atoms. The highest BCUT2D eigenvalue weighted by molar-refractivity contribution is 14.0. The topological polar surface area (TPSA) is 85.4 Å². The highest BCUT2D eigenvalue weighted by atomic mass is 127. The Morgan fingerprint density at radius 2 is 2.14 bits per heavy atom. The third-order valence-electron chi connectivity index (χ3n) is 4.69. The lowest BCUT2D eigenvalue weighted by Crippen LogP contribution is -2.38. The maximum atomic E-state index is 11.6. The van der Waals surface area contributed by atoms with E-state index in [2.05, 4.69) is 38.6 Å². The number of aliphatic imine (C=N–C) groups is 1. The maximum Gasteiger partial charge on any atom is 0.222 e. The fraction of sp³-hybridized carbons (Fsp3) is 0.550. The Kier molecular flexibility index (Phi) is 9.52. The average Bonchev–Trinajstić information content (AvgIpc) is 3.27. The number of imidazole rings is 1. The number of amides is 1. The number of carbonyl (C=O) groups excluding carboxylic acids is 1. The molecule has 1 aromatic carbocycles. The first-order chi connectivity index (χ1) is 13.3. The molecule has 0 aliphatic carbocycles. The second-order valence-corrected chi connectivity index (χ2v) is 6.83. The van der Waals surface area contributed by atoms with E-state index in [1.165, 1.54) is 0 Å². The molecule has 28 heavy (non-hydrogen) atoms. The summed E-state index contributed by atoms with van der Waals surface area (Å²) in [7, 11) is 0. The predicted molar refractivity (Wildman–Crippen MR) is 124 cm³/mol. The number of hydrogen-bond acceptors (Lipinski definition) is 3. The molecular weight excluding hydrogens is 467 g/mol. The summed E-state index contributed by atoms with van der Waals surface area (Å²) >= 11 is 0. The van der Waals surface area contributed by atoms with Crippen LogP contribution in [0.15, 0.2) is 29.3 Å². The van der Waals surface area contributed by atoms with Gasteiger partial charge < -0.3 is 20.5 Å². The minimum Gasteiger partial charge on any atom is -0.357 e. The van der Waals surface area contributed by atoms with Crippen LogP contribution in [-0.2, 0) is 11.2 Å². The molecule has 2 heterocycles. The number of H-pyrrole nitrogens is 1. The third-order valence-corrected chi connectivity index (χ3v) is 4.69. The molecule has 1 aromatic heterocycles. The number of guanidine groups is 1. The van der Waals surface area contributed by atoms with Crippen molar-refractivity contribution in [3.05, 3.63) is 30.1 Å². The van der Waals surface area contributed by atoms with Gasteiger partial charge in [0.05, 0.1) is 11.0 Å². The van der Waals surface area contributed by atoms with Gasteiger partial charge >= 0.3 is 0 Å². The van der Waals surface area contributed by atoms with Crippen molar-refractivity contribution in [1.29, 1.82) is 0 Å². The van der Waals surface area contributed by atoms with E-state index >= 15 is 0 Å². The normalized spacial score (nSPS) is 14.4. The predicted octanol–water partition coefficient (Wildman–Crippen LogP) is 2.68. The van der Waals surface area contributed by atoms with Crippen LogP contribution in [0.4, 0.5) is 0 Å². The fourth-order valence-corrected chi connectivity index (χ4v) is 3.32. The van der Waals surface area contributed by atoms with Gasteiger partial charge in [-0.15, -0.1) is 24.0 Å².